The van der Waals surface area contributed by atoms with Crippen molar-refractivity contribution in [3.05, 3.63) is 66.2 Å². The summed E-state index contributed by atoms with van der Waals surface area (Å²) in [6.07, 6.45) is 6.68. The number of amides is 1. The second-order valence-electron chi connectivity index (χ2n) is 8.47. The summed E-state index contributed by atoms with van der Waals surface area (Å²) in [7, 11) is 1.54. The molecular formula is C25H26N6O3. The van der Waals surface area contributed by atoms with Gasteiger partial charge in [0.2, 0.25) is 5.88 Å². The van der Waals surface area contributed by atoms with Crippen LogP contribution in [0.5, 0.6) is 5.88 Å². The standard InChI is InChI=1S/C25H26N6O3/c1-34-23-5-3-19(14-27-23)28-25(33)24-21-11-17(2-4-22(21)29-30-24)18-10-16(12-26-13-18)15-31-8-6-20(32)7-9-31/h2-5,10-14,20,32H,6-9,15H2,1H3,(H,28,33)(H,29,30). The molecule has 0 atom stereocenters. The highest BCUT2D eigenvalue weighted by Gasteiger charge is 2.18. The van der Waals surface area contributed by atoms with Crippen LogP contribution in [-0.2, 0) is 6.54 Å². The van der Waals surface area contributed by atoms with Crippen LogP contribution in [0.25, 0.3) is 22.0 Å². The van der Waals surface area contributed by atoms with Gasteiger partial charge >= 0.3 is 0 Å². The van der Waals surface area contributed by atoms with Crippen molar-refractivity contribution in [2.45, 2.75) is 25.5 Å². The van der Waals surface area contributed by atoms with Crippen molar-refractivity contribution >= 4 is 22.5 Å². The van der Waals surface area contributed by atoms with Crippen molar-refractivity contribution in [3.8, 4) is 17.0 Å². The second-order valence-corrected chi connectivity index (χ2v) is 8.47. The first kappa shape index (κ1) is 22.0. The van der Waals surface area contributed by atoms with E-state index in [2.05, 4.69) is 36.4 Å². The van der Waals surface area contributed by atoms with Crippen LogP contribution in [0.3, 0.4) is 0 Å². The number of hydrogen-bond acceptors (Lipinski definition) is 7. The van der Waals surface area contributed by atoms with E-state index < -0.39 is 0 Å². The summed E-state index contributed by atoms with van der Waals surface area (Å²) in [6, 6.07) is 11.4. The molecule has 1 aliphatic rings. The molecule has 1 aliphatic heterocycles. The number of aromatic amines is 1. The maximum atomic E-state index is 12.9. The van der Waals surface area contributed by atoms with Gasteiger partial charge in [-0.15, -0.1) is 0 Å². The van der Waals surface area contributed by atoms with Gasteiger partial charge in [0, 0.05) is 49.0 Å². The molecule has 1 saturated heterocycles. The number of benzene rings is 1. The molecule has 0 radical (unpaired) electrons. The molecule has 4 aromatic rings. The van der Waals surface area contributed by atoms with Gasteiger partial charge in [0.15, 0.2) is 5.69 Å². The Morgan fingerprint density at radius 3 is 2.76 bits per heavy atom. The number of fused-ring (bicyclic) bond motifs is 1. The maximum absolute atomic E-state index is 12.9. The van der Waals surface area contributed by atoms with Gasteiger partial charge in [0.1, 0.15) is 0 Å². The molecule has 0 unspecified atom stereocenters. The zero-order valence-corrected chi connectivity index (χ0v) is 18.9. The Kier molecular flexibility index (Phi) is 6.20. The lowest BCUT2D eigenvalue weighted by Gasteiger charge is -2.29. The van der Waals surface area contributed by atoms with Crippen LogP contribution in [0.4, 0.5) is 5.69 Å². The highest BCUT2D eigenvalue weighted by atomic mass is 16.5. The molecule has 9 nitrogen and oxygen atoms in total. The molecule has 1 fully saturated rings. The third-order valence-corrected chi connectivity index (χ3v) is 6.07. The van der Waals surface area contributed by atoms with E-state index in [1.165, 1.54) is 13.3 Å². The summed E-state index contributed by atoms with van der Waals surface area (Å²) in [5.74, 6) is 0.149. The number of ether oxygens (including phenoxy) is 1. The van der Waals surface area contributed by atoms with Crippen LogP contribution in [0.2, 0.25) is 0 Å². The van der Waals surface area contributed by atoms with Crippen molar-refractivity contribution in [1.29, 1.82) is 0 Å². The minimum atomic E-state index is -0.325. The van der Waals surface area contributed by atoms with Crippen LogP contribution < -0.4 is 10.1 Å². The number of hydrogen-bond donors (Lipinski definition) is 3. The summed E-state index contributed by atoms with van der Waals surface area (Å²) in [5, 5.41) is 20.5. The lowest BCUT2D eigenvalue weighted by molar-refractivity contribution is 0.0792. The Balaban J connectivity index is 1.36. The number of carbonyl (C=O) groups excluding carboxylic acids is 1. The third-order valence-electron chi connectivity index (χ3n) is 6.07. The predicted molar refractivity (Wildman–Crippen MR) is 129 cm³/mol. The highest BCUT2D eigenvalue weighted by Crippen LogP contribution is 2.27. The van der Waals surface area contributed by atoms with Gasteiger partial charge in [-0.1, -0.05) is 6.07 Å². The van der Waals surface area contributed by atoms with E-state index in [0.717, 1.165) is 60.1 Å². The number of carbonyl (C=O) groups is 1. The number of aliphatic hydroxyl groups excluding tert-OH is 1. The van der Waals surface area contributed by atoms with Crippen LogP contribution >= 0.6 is 0 Å². The number of nitrogens with one attached hydrogen (secondary N) is 2. The Morgan fingerprint density at radius 2 is 2.00 bits per heavy atom. The van der Waals surface area contributed by atoms with Crippen molar-refractivity contribution < 1.29 is 14.6 Å². The van der Waals surface area contributed by atoms with E-state index in [-0.39, 0.29) is 12.0 Å². The average Bonchev–Trinajstić information content (AvgIpc) is 3.30. The molecule has 0 spiro atoms. The first-order valence-corrected chi connectivity index (χ1v) is 11.2. The van der Waals surface area contributed by atoms with Crippen LogP contribution in [0.1, 0.15) is 28.9 Å². The fourth-order valence-corrected chi connectivity index (χ4v) is 4.20. The monoisotopic (exact) mass is 458 g/mol. The second kappa shape index (κ2) is 9.58. The number of pyridine rings is 2. The first-order valence-electron chi connectivity index (χ1n) is 11.2. The molecule has 5 rings (SSSR count). The molecule has 34 heavy (non-hydrogen) atoms. The van der Waals surface area contributed by atoms with Crippen molar-refractivity contribution in [2.75, 3.05) is 25.5 Å². The van der Waals surface area contributed by atoms with Gasteiger partial charge < -0.3 is 15.2 Å². The molecule has 3 N–H and O–H groups in total. The SMILES string of the molecule is COc1ccc(NC(=O)c2n[nH]c3ccc(-c4cncc(CN5CCC(O)CC5)c4)cc23)cn1. The van der Waals surface area contributed by atoms with Crippen LogP contribution in [-0.4, -0.2) is 62.4 Å². The fraction of sp³-hybridized carbons (Fsp3) is 0.280. The molecule has 0 bridgehead atoms. The van der Waals surface area contributed by atoms with Crippen molar-refractivity contribution in [2.24, 2.45) is 0 Å². The molecule has 174 valence electrons. The summed E-state index contributed by atoms with van der Waals surface area (Å²) in [5.41, 5.74) is 4.69. The van der Waals surface area contributed by atoms with Crippen molar-refractivity contribution in [1.82, 2.24) is 25.1 Å². The number of methoxy groups -OCH3 is 1. The van der Waals surface area contributed by atoms with E-state index in [1.54, 1.807) is 12.1 Å². The number of H-pyrrole nitrogens is 1. The first-order chi connectivity index (χ1) is 16.6. The molecule has 3 aromatic heterocycles. The normalized spacial score (nSPS) is 14.9. The maximum Gasteiger partial charge on any atom is 0.276 e. The van der Waals surface area contributed by atoms with E-state index in [4.69, 9.17) is 4.74 Å². The van der Waals surface area contributed by atoms with E-state index >= 15 is 0 Å². The van der Waals surface area contributed by atoms with Gasteiger partial charge in [-0.3, -0.25) is 19.8 Å². The number of likely N-dealkylation sites (tertiary alicyclic amines) is 1. The Labute approximate surface area is 196 Å². The minimum absolute atomic E-state index is 0.185. The molecule has 9 heteroatoms. The van der Waals surface area contributed by atoms with Crippen LogP contribution in [0, 0.1) is 0 Å². The number of aromatic nitrogens is 4. The van der Waals surface area contributed by atoms with Gasteiger partial charge in [-0.25, -0.2) is 4.98 Å². The van der Waals surface area contributed by atoms with E-state index in [9.17, 15) is 9.90 Å². The molecule has 0 saturated carbocycles. The van der Waals surface area contributed by atoms with Gasteiger partial charge in [0.05, 0.1) is 30.6 Å². The number of piperidine rings is 1. The largest absolute Gasteiger partial charge is 0.481 e. The number of aliphatic hydroxyl groups is 1. The zero-order chi connectivity index (χ0) is 23.5. The topological polar surface area (TPSA) is 116 Å². The summed E-state index contributed by atoms with van der Waals surface area (Å²) in [4.78, 5) is 23.8. The molecule has 0 aliphatic carbocycles. The minimum Gasteiger partial charge on any atom is -0.481 e. The smallest absolute Gasteiger partial charge is 0.276 e. The third kappa shape index (κ3) is 4.75. The van der Waals surface area contributed by atoms with Crippen LogP contribution in [0.15, 0.2) is 55.0 Å². The lowest BCUT2D eigenvalue weighted by atomic mass is 10.0. The quantitative estimate of drug-likeness (QED) is 0.406. The number of rotatable bonds is 6. The Bertz CT molecular complexity index is 1300. The summed E-state index contributed by atoms with van der Waals surface area (Å²) < 4.78 is 5.06. The van der Waals surface area contributed by atoms with Gasteiger partial charge in [0.25, 0.3) is 5.91 Å². The summed E-state index contributed by atoms with van der Waals surface area (Å²) >= 11 is 0. The van der Waals surface area contributed by atoms with Gasteiger partial charge in [-0.2, -0.15) is 5.10 Å². The molecule has 1 aromatic carbocycles. The van der Waals surface area contributed by atoms with Crippen molar-refractivity contribution in [3.63, 3.8) is 0 Å². The average molecular weight is 459 g/mol. The molecule has 4 heterocycles. The fourth-order valence-electron chi connectivity index (χ4n) is 4.20. The number of anilines is 1. The van der Waals surface area contributed by atoms with E-state index in [1.807, 2.05) is 30.6 Å². The van der Waals surface area contributed by atoms with E-state index in [0.29, 0.717) is 17.3 Å². The molecule has 1 amide bonds. The highest BCUT2D eigenvalue weighted by molar-refractivity contribution is 6.11. The number of nitrogens with zero attached hydrogens (tertiary/aromatic N) is 4. The Morgan fingerprint density at radius 1 is 1.15 bits per heavy atom. The molecular weight excluding hydrogens is 432 g/mol. The van der Waals surface area contributed by atoms with Gasteiger partial charge in [-0.05, 0) is 48.2 Å². The Hall–Kier alpha value is -3.82. The summed E-state index contributed by atoms with van der Waals surface area (Å²) in [6.45, 7) is 2.56. The predicted octanol–water partition coefficient (Wildman–Crippen LogP) is 3.24. The lowest BCUT2D eigenvalue weighted by Crippen LogP contribution is -2.35. The zero-order valence-electron chi connectivity index (χ0n) is 18.9.